The minimum absolute atomic E-state index is 0.874. The molecular weight excluding hydrogens is 224 g/mol. The van der Waals surface area contributed by atoms with Crippen molar-refractivity contribution in [2.45, 2.75) is 46.0 Å². The summed E-state index contributed by atoms with van der Waals surface area (Å²) < 4.78 is 0. The lowest BCUT2D eigenvalue weighted by Gasteiger charge is -2.10. The molecule has 0 saturated heterocycles. The minimum atomic E-state index is 0.874. The van der Waals surface area contributed by atoms with Crippen LogP contribution < -0.4 is 10.6 Å². The number of hydrogen-bond donors (Lipinski definition) is 2. The van der Waals surface area contributed by atoms with E-state index in [4.69, 9.17) is 0 Å². The van der Waals surface area contributed by atoms with Gasteiger partial charge in [0.15, 0.2) is 0 Å². The van der Waals surface area contributed by atoms with Crippen LogP contribution in [0.4, 0.5) is 11.6 Å². The third-order valence-electron chi connectivity index (χ3n) is 3.20. The van der Waals surface area contributed by atoms with E-state index in [2.05, 4.69) is 34.4 Å². The predicted octanol–water partition coefficient (Wildman–Crippen LogP) is 3.07. The van der Waals surface area contributed by atoms with E-state index < -0.39 is 0 Å². The van der Waals surface area contributed by atoms with Crippen molar-refractivity contribution >= 4 is 11.6 Å². The Labute approximate surface area is 110 Å². The molecule has 1 aromatic heterocycles. The van der Waals surface area contributed by atoms with Crippen LogP contribution in [0, 0.1) is 5.92 Å². The van der Waals surface area contributed by atoms with Gasteiger partial charge >= 0.3 is 0 Å². The van der Waals surface area contributed by atoms with Gasteiger partial charge in [-0.05, 0) is 18.8 Å². The summed E-state index contributed by atoms with van der Waals surface area (Å²) in [5.41, 5.74) is 0. The van der Waals surface area contributed by atoms with Gasteiger partial charge in [-0.15, -0.1) is 0 Å². The van der Waals surface area contributed by atoms with Crippen LogP contribution in [0.3, 0.4) is 0 Å². The molecule has 18 heavy (non-hydrogen) atoms. The Hall–Kier alpha value is -1.32. The third kappa shape index (κ3) is 4.17. The molecule has 0 radical (unpaired) electrons. The van der Waals surface area contributed by atoms with Crippen molar-refractivity contribution in [3.05, 3.63) is 11.9 Å². The molecular formula is C14H24N4. The zero-order valence-corrected chi connectivity index (χ0v) is 11.5. The van der Waals surface area contributed by atoms with Crippen LogP contribution in [-0.4, -0.2) is 23.1 Å². The lowest BCUT2D eigenvalue weighted by Crippen LogP contribution is -2.09. The Balaban J connectivity index is 1.92. The smallest absolute Gasteiger partial charge is 0.132 e. The summed E-state index contributed by atoms with van der Waals surface area (Å²) in [6.07, 6.45) is 6.07. The fourth-order valence-corrected chi connectivity index (χ4v) is 1.90. The molecule has 100 valence electrons. The Bertz CT molecular complexity index is 374. The molecule has 1 aromatic rings. The number of nitrogens with zero attached hydrogens (tertiary/aromatic N) is 2. The van der Waals surface area contributed by atoms with Crippen molar-refractivity contribution in [2.75, 3.05) is 23.7 Å². The summed E-state index contributed by atoms with van der Waals surface area (Å²) >= 11 is 0. The van der Waals surface area contributed by atoms with Crippen molar-refractivity contribution in [3.63, 3.8) is 0 Å². The maximum atomic E-state index is 4.52. The van der Waals surface area contributed by atoms with E-state index in [1.807, 2.05) is 6.07 Å². The van der Waals surface area contributed by atoms with E-state index in [0.717, 1.165) is 49.3 Å². The molecule has 1 aliphatic rings. The first-order valence-electron chi connectivity index (χ1n) is 7.17. The third-order valence-corrected chi connectivity index (χ3v) is 3.20. The molecule has 0 bridgehead atoms. The Morgan fingerprint density at radius 3 is 2.33 bits per heavy atom. The number of rotatable bonds is 8. The monoisotopic (exact) mass is 248 g/mol. The molecule has 1 heterocycles. The number of aryl methyl sites for hydroxylation is 1. The number of aromatic nitrogens is 2. The molecule has 2 rings (SSSR count). The maximum Gasteiger partial charge on any atom is 0.132 e. The van der Waals surface area contributed by atoms with Gasteiger partial charge in [0.2, 0.25) is 0 Å². The zero-order chi connectivity index (χ0) is 12.8. The van der Waals surface area contributed by atoms with E-state index >= 15 is 0 Å². The Morgan fingerprint density at radius 2 is 1.78 bits per heavy atom. The fraction of sp³-hybridized carbons (Fsp3) is 0.714. The molecule has 0 aliphatic heterocycles. The summed E-state index contributed by atoms with van der Waals surface area (Å²) in [7, 11) is 0. The summed E-state index contributed by atoms with van der Waals surface area (Å²) in [6, 6.07) is 2.02. The van der Waals surface area contributed by atoms with Crippen LogP contribution in [0.5, 0.6) is 0 Å². The lowest BCUT2D eigenvalue weighted by molar-refractivity contribution is 0.757. The van der Waals surface area contributed by atoms with Gasteiger partial charge in [-0.3, -0.25) is 0 Å². The summed E-state index contributed by atoms with van der Waals surface area (Å²) in [5, 5.41) is 6.75. The first kappa shape index (κ1) is 13.1. The molecule has 1 saturated carbocycles. The van der Waals surface area contributed by atoms with Gasteiger partial charge in [-0.1, -0.05) is 26.7 Å². The molecule has 0 amide bonds. The largest absolute Gasteiger partial charge is 0.370 e. The van der Waals surface area contributed by atoms with Crippen LogP contribution in [0.25, 0.3) is 0 Å². The van der Waals surface area contributed by atoms with Gasteiger partial charge in [-0.25, -0.2) is 9.97 Å². The summed E-state index contributed by atoms with van der Waals surface area (Å²) in [5.74, 6) is 3.77. The van der Waals surface area contributed by atoms with E-state index in [0.29, 0.717) is 0 Å². The van der Waals surface area contributed by atoms with Gasteiger partial charge < -0.3 is 10.6 Å². The molecule has 1 aliphatic carbocycles. The maximum absolute atomic E-state index is 4.52. The average Bonchev–Trinajstić information content (AvgIpc) is 3.20. The second-order valence-electron chi connectivity index (χ2n) is 4.99. The zero-order valence-electron chi connectivity index (χ0n) is 11.5. The SMILES string of the molecule is CCCNc1cc(NCCC2CC2)nc(CC)n1. The standard InChI is InChI=1S/C14H24N4/c1-3-8-15-13-10-14(18-12(4-2)17-13)16-9-7-11-5-6-11/h10-11H,3-9H2,1-2H3,(H2,15,16,17,18). The van der Waals surface area contributed by atoms with Crippen LogP contribution in [0.2, 0.25) is 0 Å². The Morgan fingerprint density at radius 1 is 1.11 bits per heavy atom. The molecule has 4 heteroatoms. The van der Waals surface area contributed by atoms with Gasteiger partial charge in [-0.2, -0.15) is 0 Å². The van der Waals surface area contributed by atoms with Crippen molar-refractivity contribution in [1.82, 2.24) is 9.97 Å². The van der Waals surface area contributed by atoms with E-state index in [1.54, 1.807) is 0 Å². The Kier molecular flexibility index (Phi) is 4.79. The molecule has 2 N–H and O–H groups in total. The quantitative estimate of drug-likeness (QED) is 0.742. The van der Waals surface area contributed by atoms with E-state index in [9.17, 15) is 0 Å². The van der Waals surface area contributed by atoms with Crippen molar-refractivity contribution in [3.8, 4) is 0 Å². The molecule has 0 spiro atoms. The second-order valence-corrected chi connectivity index (χ2v) is 4.99. The number of nitrogens with one attached hydrogen (secondary N) is 2. The first-order chi connectivity index (χ1) is 8.81. The minimum Gasteiger partial charge on any atom is -0.370 e. The summed E-state index contributed by atoms with van der Waals surface area (Å²) in [4.78, 5) is 9.00. The van der Waals surface area contributed by atoms with Gasteiger partial charge in [0.05, 0.1) is 0 Å². The number of hydrogen-bond acceptors (Lipinski definition) is 4. The second kappa shape index (κ2) is 6.57. The van der Waals surface area contributed by atoms with Crippen LogP contribution >= 0.6 is 0 Å². The lowest BCUT2D eigenvalue weighted by atomic mass is 10.3. The van der Waals surface area contributed by atoms with Crippen molar-refractivity contribution in [1.29, 1.82) is 0 Å². The van der Waals surface area contributed by atoms with Crippen LogP contribution in [-0.2, 0) is 6.42 Å². The molecule has 0 atom stereocenters. The normalized spacial score (nSPS) is 14.6. The highest BCUT2D eigenvalue weighted by Crippen LogP contribution is 2.32. The van der Waals surface area contributed by atoms with Crippen LogP contribution in [0.15, 0.2) is 6.07 Å². The molecule has 0 aromatic carbocycles. The highest BCUT2D eigenvalue weighted by molar-refractivity contribution is 5.47. The molecule has 4 nitrogen and oxygen atoms in total. The summed E-state index contributed by atoms with van der Waals surface area (Å²) in [6.45, 7) is 6.23. The topological polar surface area (TPSA) is 49.8 Å². The van der Waals surface area contributed by atoms with Gasteiger partial charge in [0.1, 0.15) is 17.5 Å². The predicted molar refractivity (Wildman–Crippen MR) is 76.0 cm³/mol. The van der Waals surface area contributed by atoms with E-state index in [1.165, 1.54) is 19.3 Å². The average molecular weight is 248 g/mol. The fourth-order valence-electron chi connectivity index (χ4n) is 1.90. The highest BCUT2D eigenvalue weighted by atomic mass is 15.1. The van der Waals surface area contributed by atoms with Crippen molar-refractivity contribution < 1.29 is 0 Å². The van der Waals surface area contributed by atoms with E-state index in [-0.39, 0.29) is 0 Å². The van der Waals surface area contributed by atoms with Gasteiger partial charge in [0.25, 0.3) is 0 Å². The molecule has 1 fully saturated rings. The van der Waals surface area contributed by atoms with Crippen LogP contribution in [0.1, 0.15) is 45.4 Å². The van der Waals surface area contributed by atoms with Gasteiger partial charge in [0, 0.05) is 25.6 Å². The highest BCUT2D eigenvalue weighted by Gasteiger charge is 2.20. The molecule has 0 unspecified atom stereocenters. The van der Waals surface area contributed by atoms with Crippen molar-refractivity contribution in [2.24, 2.45) is 5.92 Å². The number of anilines is 2. The first-order valence-corrected chi connectivity index (χ1v) is 7.17.